The Kier molecular flexibility index (Phi) is 6.74. The van der Waals surface area contributed by atoms with E-state index in [4.69, 9.17) is 0 Å². The van der Waals surface area contributed by atoms with Crippen LogP contribution in [0, 0.1) is 12.7 Å². The molecule has 2 aromatic carbocycles. The number of nitrogens with zero attached hydrogens (tertiary/aromatic N) is 1. The summed E-state index contributed by atoms with van der Waals surface area (Å²) >= 11 is 0. The zero-order chi connectivity index (χ0) is 19.2. The predicted molar refractivity (Wildman–Crippen MR) is 101 cm³/mol. The van der Waals surface area contributed by atoms with Crippen molar-refractivity contribution in [2.24, 2.45) is 0 Å². The van der Waals surface area contributed by atoms with Crippen LogP contribution in [0.2, 0.25) is 0 Å². The Labute approximate surface area is 153 Å². The van der Waals surface area contributed by atoms with Gasteiger partial charge in [-0.15, -0.1) is 0 Å². The van der Waals surface area contributed by atoms with Gasteiger partial charge in [0.05, 0.1) is 11.9 Å². The van der Waals surface area contributed by atoms with Crippen LogP contribution in [0.25, 0.3) is 0 Å². The Bertz CT molecular complexity index is 851. The first kappa shape index (κ1) is 19.9. The van der Waals surface area contributed by atoms with Gasteiger partial charge in [-0.25, -0.2) is 12.8 Å². The van der Waals surface area contributed by atoms with Crippen molar-refractivity contribution in [2.75, 3.05) is 17.1 Å². The lowest BCUT2D eigenvalue weighted by Gasteiger charge is -2.24. The Hall–Kier alpha value is -2.41. The van der Waals surface area contributed by atoms with Gasteiger partial charge in [-0.3, -0.25) is 9.10 Å². The monoisotopic (exact) mass is 378 g/mol. The largest absolute Gasteiger partial charge is 0.352 e. The molecule has 7 heteroatoms. The number of aryl methyl sites for hydroxylation is 1. The number of amides is 1. The quantitative estimate of drug-likeness (QED) is 0.768. The smallest absolute Gasteiger partial charge is 0.232 e. The van der Waals surface area contributed by atoms with E-state index in [1.54, 1.807) is 24.3 Å². The summed E-state index contributed by atoms with van der Waals surface area (Å²) in [4.78, 5) is 12.0. The number of hydrogen-bond acceptors (Lipinski definition) is 3. The van der Waals surface area contributed by atoms with Crippen LogP contribution in [-0.4, -0.2) is 27.1 Å². The number of rotatable bonds is 8. The molecule has 0 saturated heterocycles. The van der Waals surface area contributed by atoms with Crippen molar-refractivity contribution >= 4 is 21.6 Å². The molecule has 1 N–H and O–H groups in total. The maximum Gasteiger partial charge on any atom is 0.232 e. The molecule has 0 atom stereocenters. The summed E-state index contributed by atoms with van der Waals surface area (Å²) in [6, 6.07) is 13.1. The van der Waals surface area contributed by atoms with Crippen LogP contribution >= 0.6 is 0 Å². The third-order valence-electron chi connectivity index (χ3n) is 3.95. The van der Waals surface area contributed by atoms with Gasteiger partial charge in [-0.1, -0.05) is 30.3 Å². The van der Waals surface area contributed by atoms with Crippen LogP contribution in [0.1, 0.15) is 24.0 Å². The van der Waals surface area contributed by atoms with E-state index in [2.05, 4.69) is 5.32 Å². The van der Waals surface area contributed by atoms with E-state index in [0.29, 0.717) is 18.7 Å². The van der Waals surface area contributed by atoms with Crippen molar-refractivity contribution < 1.29 is 17.6 Å². The van der Waals surface area contributed by atoms with Gasteiger partial charge in [0.1, 0.15) is 5.82 Å². The molecule has 0 aliphatic heterocycles. The molecule has 0 heterocycles. The van der Waals surface area contributed by atoms with Crippen molar-refractivity contribution in [2.45, 2.75) is 26.3 Å². The van der Waals surface area contributed by atoms with Crippen molar-refractivity contribution in [3.8, 4) is 0 Å². The molecule has 0 radical (unpaired) electrons. The molecule has 2 rings (SSSR count). The number of hydrogen-bond donors (Lipinski definition) is 1. The van der Waals surface area contributed by atoms with Crippen LogP contribution in [0.4, 0.5) is 10.1 Å². The summed E-state index contributed by atoms with van der Waals surface area (Å²) < 4.78 is 38.4. The molecule has 1 amide bonds. The highest BCUT2D eigenvalue weighted by Crippen LogP contribution is 2.22. The minimum Gasteiger partial charge on any atom is -0.352 e. The van der Waals surface area contributed by atoms with E-state index in [9.17, 15) is 17.6 Å². The number of carbonyl (C=O) groups is 1. The van der Waals surface area contributed by atoms with E-state index in [-0.39, 0.29) is 24.7 Å². The Morgan fingerprint density at radius 3 is 2.38 bits per heavy atom. The summed E-state index contributed by atoms with van der Waals surface area (Å²) in [5, 5.41) is 2.75. The molecule has 2 aromatic rings. The lowest BCUT2D eigenvalue weighted by molar-refractivity contribution is -0.121. The molecule has 26 heavy (non-hydrogen) atoms. The number of carbonyl (C=O) groups excluding carboxylic acids is 1. The average Bonchev–Trinajstić information content (AvgIpc) is 2.58. The Morgan fingerprint density at radius 1 is 1.12 bits per heavy atom. The number of para-hydroxylation sites is 1. The fourth-order valence-corrected chi connectivity index (χ4v) is 3.61. The minimum absolute atomic E-state index is 0.174. The third-order valence-corrected chi connectivity index (χ3v) is 5.13. The molecule has 0 fully saturated rings. The Balaban J connectivity index is 1.88. The fraction of sp³-hybridized carbons (Fsp3) is 0.316. The second kappa shape index (κ2) is 8.80. The molecule has 140 valence electrons. The summed E-state index contributed by atoms with van der Waals surface area (Å²) in [6.07, 6.45) is 1.77. The molecule has 0 bridgehead atoms. The highest BCUT2D eigenvalue weighted by atomic mass is 32.2. The maximum absolute atomic E-state index is 12.9. The summed E-state index contributed by atoms with van der Waals surface area (Å²) in [5.41, 5.74) is 2.29. The third kappa shape index (κ3) is 5.84. The van der Waals surface area contributed by atoms with Crippen molar-refractivity contribution in [1.29, 1.82) is 0 Å². The predicted octanol–water partition coefficient (Wildman–Crippen LogP) is 3.00. The van der Waals surface area contributed by atoms with Crippen molar-refractivity contribution in [3.63, 3.8) is 0 Å². The lowest BCUT2D eigenvalue weighted by atomic mass is 10.2. The molecule has 0 aromatic heterocycles. The summed E-state index contributed by atoms with van der Waals surface area (Å²) in [6.45, 7) is 2.39. The van der Waals surface area contributed by atoms with E-state index in [1.165, 1.54) is 16.4 Å². The van der Waals surface area contributed by atoms with Crippen LogP contribution in [0.5, 0.6) is 0 Å². The van der Waals surface area contributed by atoms with Gasteiger partial charge in [-0.05, 0) is 42.7 Å². The number of sulfonamides is 1. The van der Waals surface area contributed by atoms with Gasteiger partial charge in [0, 0.05) is 19.5 Å². The summed E-state index contributed by atoms with van der Waals surface area (Å²) in [7, 11) is -3.43. The van der Waals surface area contributed by atoms with Crippen LogP contribution < -0.4 is 9.62 Å². The second-order valence-corrected chi connectivity index (χ2v) is 8.04. The molecule has 0 aliphatic carbocycles. The number of anilines is 1. The van der Waals surface area contributed by atoms with Gasteiger partial charge in [-0.2, -0.15) is 0 Å². The standard InChI is InChI=1S/C19H23FN2O3S/c1-15-6-3-4-7-18(15)22(26(2,24)25)13-5-8-19(23)21-14-16-9-11-17(20)12-10-16/h3-4,6-7,9-12H,5,8,13-14H2,1-2H3,(H,21,23). The SMILES string of the molecule is Cc1ccccc1N(CCCC(=O)NCc1ccc(F)cc1)S(C)(=O)=O. The molecule has 0 spiro atoms. The molecule has 0 unspecified atom stereocenters. The lowest BCUT2D eigenvalue weighted by Crippen LogP contribution is -2.32. The average molecular weight is 378 g/mol. The zero-order valence-corrected chi connectivity index (χ0v) is 15.7. The van der Waals surface area contributed by atoms with Gasteiger partial charge in [0.15, 0.2) is 0 Å². The normalized spacial score (nSPS) is 11.2. The minimum atomic E-state index is -3.43. The topological polar surface area (TPSA) is 66.5 Å². The maximum atomic E-state index is 12.9. The number of benzene rings is 2. The van der Waals surface area contributed by atoms with Crippen LogP contribution in [0.15, 0.2) is 48.5 Å². The van der Waals surface area contributed by atoms with Crippen molar-refractivity contribution in [1.82, 2.24) is 5.32 Å². The first-order valence-corrected chi connectivity index (χ1v) is 10.2. The van der Waals surface area contributed by atoms with Crippen LogP contribution in [0.3, 0.4) is 0 Å². The highest BCUT2D eigenvalue weighted by Gasteiger charge is 2.18. The van der Waals surface area contributed by atoms with Gasteiger partial charge in [0.2, 0.25) is 15.9 Å². The number of nitrogens with one attached hydrogen (secondary N) is 1. The molecular weight excluding hydrogens is 355 g/mol. The van der Waals surface area contributed by atoms with E-state index in [1.807, 2.05) is 19.1 Å². The van der Waals surface area contributed by atoms with Gasteiger partial charge in [0.25, 0.3) is 0 Å². The van der Waals surface area contributed by atoms with E-state index in [0.717, 1.165) is 17.4 Å². The first-order valence-electron chi connectivity index (χ1n) is 8.32. The molecular formula is C19H23FN2O3S. The van der Waals surface area contributed by atoms with Gasteiger partial charge >= 0.3 is 0 Å². The number of halogens is 1. The zero-order valence-electron chi connectivity index (χ0n) is 14.9. The Morgan fingerprint density at radius 2 is 1.77 bits per heavy atom. The summed E-state index contributed by atoms with van der Waals surface area (Å²) in [5.74, 6) is -0.496. The highest BCUT2D eigenvalue weighted by molar-refractivity contribution is 7.92. The molecule has 0 aliphatic rings. The first-order chi connectivity index (χ1) is 12.3. The fourth-order valence-electron chi connectivity index (χ4n) is 2.58. The van der Waals surface area contributed by atoms with E-state index < -0.39 is 10.0 Å². The molecule has 0 saturated carbocycles. The second-order valence-electron chi connectivity index (χ2n) is 6.13. The van der Waals surface area contributed by atoms with Crippen molar-refractivity contribution in [3.05, 3.63) is 65.5 Å². The van der Waals surface area contributed by atoms with Gasteiger partial charge < -0.3 is 5.32 Å². The van der Waals surface area contributed by atoms with E-state index >= 15 is 0 Å². The van der Waals surface area contributed by atoms with Crippen LogP contribution in [-0.2, 0) is 21.4 Å². The molecule has 5 nitrogen and oxygen atoms in total.